The van der Waals surface area contributed by atoms with E-state index in [1.54, 1.807) is 0 Å². The average molecular weight is 630 g/mol. The van der Waals surface area contributed by atoms with Crippen LogP contribution in [0.25, 0.3) is 11.3 Å². The van der Waals surface area contributed by atoms with Gasteiger partial charge < -0.3 is 0 Å². The summed E-state index contributed by atoms with van der Waals surface area (Å²) in [5.74, 6) is 1.62. The largest absolute Gasteiger partial charge is 0.0573 e. The standard InChI is InChI=1S/C39H31GeN3O/c1-29-17-19-32(20-18-29)42-24-25-43(28-42)33-14-8-15-34(26-33)44-35-21-22-37-36(27-35)39-38(16-9-23-41-39)40(37,30-10-4-2-5-11-30)31-12-6-3-7-13-31/h2-27H,28H2,1H3. The monoisotopic (exact) mass is 631 g/mol. The van der Waals surface area contributed by atoms with Gasteiger partial charge in [0.05, 0.1) is 0 Å². The number of rotatable bonds is 6. The molecule has 0 saturated carbocycles. The summed E-state index contributed by atoms with van der Waals surface area (Å²) in [7, 11) is 0. The summed E-state index contributed by atoms with van der Waals surface area (Å²) in [6.07, 6.45) is 6.16. The number of hydrogen-bond acceptors (Lipinski definition) is 4. The van der Waals surface area contributed by atoms with E-state index in [1.165, 1.54) is 34.4 Å². The molecule has 8 rings (SSSR count). The molecule has 5 heteroatoms. The van der Waals surface area contributed by atoms with E-state index >= 15 is 0 Å². The predicted molar refractivity (Wildman–Crippen MR) is 184 cm³/mol. The van der Waals surface area contributed by atoms with Crippen molar-refractivity contribution in [2.24, 2.45) is 0 Å². The van der Waals surface area contributed by atoms with E-state index in [0.29, 0.717) is 0 Å². The second kappa shape index (κ2) is 10.9. The molecule has 0 fully saturated rings. The van der Waals surface area contributed by atoms with Gasteiger partial charge in [-0.2, -0.15) is 0 Å². The maximum atomic E-state index is 6.55. The summed E-state index contributed by atoms with van der Waals surface area (Å²) < 4.78 is 12.1. The molecular weight excluding hydrogens is 599 g/mol. The Morgan fingerprint density at radius 1 is 0.591 bits per heavy atom. The summed E-state index contributed by atoms with van der Waals surface area (Å²) in [5.41, 5.74) is 5.79. The van der Waals surface area contributed by atoms with E-state index in [2.05, 4.69) is 163 Å². The topological polar surface area (TPSA) is 28.6 Å². The zero-order valence-electron chi connectivity index (χ0n) is 24.5. The Morgan fingerprint density at radius 2 is 1.27 bits per heavy atom. The summed E-state index contributed by atoms with van der Waals surface area (Å²) >= 11 is -3.27. The van der Waals surface area contributed by atoms with Crippen molar-refractivity contribution >= 4 is 42.2 Å². The minimum absolute atomic E-state index is 0.751. The molecule has 1 aromatic heterocycles. The van der Waals surface area contributed by atoms with Crippen LogP contribution in [0, 0.1) is 6.92 Å². The normalized spacial score (nSPS) is 14.4. The fourth-order valence-corrected chi connectivity index (χ4v) is 17.4. The van der Waals surface area contributed by atoms with Gasteiger partial charge in [0, 0.05) is 0 Å². The van der Waals surface area contributed by atoms with E-state index in [9.17, 15) is 0 Å². The van der Waals surface area contributed by atoms with Gasteiger partial charge in [-0.25, -0.2) is 0 Å². The Morgan fingerprint density at radius 3 is 2.00 bits per heavy atom. The summed E-state index contributed by atoms with van der Waals surface area (Å²) in [6.45, 7) is 2.87. The number of aryl methyl sites for hydroxylation is 1. The quantitative estimate of drug-likeness (QED) is 0.202. The molecule has 2 aliphatic rings. The van der Waals surface area contributed by atoms with Gasteiger partial charge >= 0.3 is 225 Å². The van der Waals surface area contributed by atoms with E-state index in [-0.39, 0.29) is 0 Å². The second-order valence-corrected chi connectivity index (χ2v) is 19.2. The van der Waals surface area contributed by atoms with E-state index in [0.717, 1.165) is 29.5 Å². The Bertz CT molecular complexity index is 1950. The fraction of sp³-hybridized carbons (Fsp3) is 0.0513. The molecule has 0 radical (unpaired) electrons. The van der Waals surface area contributed by atoms with Crippen molar-refractivity contribution in [1.29, 1.82) is 0 Å². The van der Waals surface area contributed by atoms with Crippen LogP contribution >= 0.6 is 0 Å². The van der Waals surface area contributed by atoms with Crippen LogP contribution in [0.1, 0.15) is 5.56 Å². The van der Waals surface area contributed by atoms with Gasteiger partial charge in [-0.15, -0.1) is 0 Å². The molecule has 6 aromatic rings. The van der Waals surface area contributed by atoms with Crippen LogP contribution in [-0.2, 0) is 0 Å². The number of anilines is 2. The minimum Gasteiger partial charge on any atom is -0.0573 e. The van der Waals surface area contributed by atoms with Crippen LogP contribution in [0.5, 0.6) is 11.5 Å². The molecule has 0 aliphatic carbocycles. The van der Waals surface area contributed by atoms with Crippen LogP contribution in [0.4, 0.5) is 11.4 Å². The zero-order chi connectivity index (χ0) is 29.5. The number of nitrogens with zero attached hydrogens (tertiary/aromatic N) is 3. The first kappa shape index (κ1) is 26.6. The van der Waals surface area contributed by atoms with Crippen LogP contribution in [-0.4, -0.2) is 24.9 Å². The van der Waals surface area contributed by atoms with Crippen molar-refractivity contribution < 1.29 is 4.74 Å². The average Bonchev–Trinajstić information content (AvgIpc) is 3.69. The summed E-state index contributed by atoms with van der Waals surface area (Å²) in [6, 6.07) is 50.1. The van der Waals surface area contributed by atoms with Crippen LogP contribution < -0.4 is 32.1 Å². The summed E-state index contributed by atoms with van der Waals surface area (Å²) in [4.78, 5) is 9.45. The maximum Gasteiger partial charge on any atom is -0.0381 e. The number of benzene rings is 5. The third-order valence-corrected chi connectivity index (χ3v) is 18.9. The number of aromatic nitrogens is 1. The first-order chi connectivity index (χ1) is 21.7. The SMILES string of the molecule is Cc1ccc(N2C=CN(c3cccc(Oc4cc[c]5c(c4)-c4nccc[c]4[Ge]5([c]4ccccc4)[c]4ccccc4)c3)C2)cc1. The molecule has 3 heterocycles. The van der Waals surface area contributed by atoms with Gasteiger partial charge in [-0.05, 0) is 19.1 Å². The predicted octanol–water partition coefficient (Wildman–Crippen LogP) is 6.30. The number of hydrogen-bond donors (Lipinski definition) is 0. The van der Waals surface area contributed by atoms with E-state index in [4.69, 9.17) is 9.72 Å². The first-order valence-electron chi connectivity index (χ1n) is 15.0. The molecule has 212 valence electrons. The molecule has 0 saturated heterocycles. The van der Waals surface area contributed by atoms with Crippen molar-refractivity contribution in [3.8, 4) is 22.8 Å². The van der Waals surface area contributed by atoms with Gasteiger partial charge in [0.2, 0.25) is 0 Å². The van der Waals surface area contributed by atoms with Gasteiger partial charge in [-0.3, -0.25) is 0 Å². The molecule has 0 unspecified atom stereocenters. The number of ether oxygens (including phenoxy) is 1. The Kier molecular flexibility index (Phi) is 6.57. The van der Waals surface area contributed by atoms with Crippen LogP contribution in [0.3, 0.4) is 0 Å². The molecular formula is C39H31GeN3O. The third kappa shape index (κ3) is 4.41. The Balaban J connectivity index is 1.14. The number of fused-ring (bicyclic) bond motifs is 3. The Hall–Kier alpha value is -5.07. The minimum atomic E-state index is -3.27. The molecule has 0 amide bonds. The first-order valence-corrected chi connectivity index (χ1v) is 19.2. The van der Waals surface area contributed by atoms with Crippen molar-refractivity contribution in [2.45, 2.75) is 6.92 Å². The van der Waals surface area contributed by atoms with Crippen molar-refractivity contribution in [2.75, 3.05) is 16.5 Å². The van der Waals surface area contributed by atoms with Crippen molar-refractivity contribution in [1.82, 2.24) is 4.98 Å². The summed E-state index contributed by atoms with van der Waals surface area (Å²) in [5, 5.41) is 0. The second-order valence-electron chi connectivity index (χ2n) is 11.4. The molecule has 44 heavy (non-hydrogen) atoms. The molecule has 0 atom stereocenters. The van der Waals surface area contributed by atoms with Gasteiger partial charge in [0.25, 0.3) is 0 Å². The third-order valence-electron chi connectivity index (χ3n) is 8.76. The number of pyridine rings is 1. The molecule has 0 bridgehead atoms. The fourth-order valence-electron chi connectivity index (χ4n) is 6.70. The van der Waals surface area contributed by atoms with Crippen molar-refractivity contribution in [3.63, 3.8) is 0 Å². The molecule has 2 aliphatic heterocycles. The molecule has 0 N–H and O–H groups in total. The van der Waals surface area contributed by atoms with Crippen LogP contribution in [0.2, 0.25) is 0 Å². The van der Waals surface area contributed by atoms with E-state index < -0.39 is 13.3 Å². The molecule has 0 spiro atoms. The van der Waals surface area contributed by atoms with E-state index in [1.807, 2.05) is 12.3 Å². The maximum absolute atomic E-state index is 6.55. The Labute approximate surface area is 260 Å². The molecule has 5 aromatic carbocycles. The molecule has 4 nitrogen and oxygen atoms in total. The van der Waals surface area contributed by atoms with Crippen molar-refractivity contribution in [3.05, 3.63) is 164 Å². The zero-order valence-corrected chi connectivity index (χ0v) is 26.6. The van der Waals surface area contributed by atoms with Gasteiger partial charge in [0.1, 0.15) is 0 Å². The van der Waals surface area contributed by atoms with Gasteiger partial charge in [-0.1, -0.05) is 17.7 Å². The van der Waals surface area contributed by atoms with Gasteiger partial charge in [0.15, 0.2) is 0 Å². The smallest absolute Gasteiger partial charge is 0.0381 e. The van der Waals surface area contributed by atoms with Crippen LogP contribution in [0.15, 0.2) is 158 Å².